The lowest BCUT2D eigenvalue weighted by atomic mass is 10.0. The molecule has 0 saturated carbocycles. The zero-order valence-corrected chi connectivity index (χ0v) is 23.7. The van der Waals surface area contributed by atoms with E-state index in [0.717, 1.165) is 31.6 Å². The molecule has 41 heavy (non-hydrogen) atoms. The van der Waals surface area contributed by atoms with E-state index in [1.165, 1.54) is 18.6 Å². The van der Waals surface area contributed by atoms with Crippen molar-refractivity contribution in [1.82, 2.24) is 9.47 Å². The van der Waals surface area contributed by atoms with Gasteiger partial charge in [-0.15, -0.1) is 0 Å². The molecular formula is C29H32F3N4O4S+. The van der Waals surface area contributed by atoms with Gasteiger partial charge in [0, 0.05) is 53.9 Å². The molecule has 2 heterocycles. The minimum absolute atomic E-state index is 0.162. The Kier molecular flexibility index (Phi) is 10.1. The Labute approximate surface area is 240 Å². The zero-order valence-electron chi connectivity index (χ0n) is 22.8. The van der Waals surface area contributed by atoms with Gasteiger partial charge in [-0.1, -0.05) is 12.0 Å². The van der Waals surface area contributed by atoms with Crippen molar-refractivity contribution >= 4 is 39.9 Å². The van der Waals surface area contributed by atoms with Gasteiger partial charge >= 0.3 is 23.8 Å². The van der Waals surface area contributed by atoms with Gasteiger partial charge in [0.15, 0.2) is 0 Å². The third-order valence-electron chi connectivity index (χ3n) is 6.80. The second-order valence-corrected chi connectivity index (χ2v) is 10.3. The predicted octanol–water partition coefficient (Wildman–Crippen LogP) is 4.90. The van der Waals surface area contributed by atoms with Crippen LogP contribution < -0.4 is 15.4 Å². The molecule has 1 aliphatic heterocycles. The molecule has 1 fully saturated rings. The minimum atomic E-state index is -4.42. The van der Waals surface area contributed by atoms with Gasteiger partial charge in [-0.2, -0.15) is 13.2 Å². The summed E-state index contributed by atoms with van der Waals surface area (Å²) in [6.07, 6.45) is -2.70. The Morgan fingerprint density at radius 1 is 1.15 bits per heavy atom. The highest BCUT2D eigenvalue weighted by Crippen LogP contribution is 2.31. The van der Waals surface area contributed by atoms with E-state index in [-0.39, 0.29) is 24.2 Å². The number of rotatable bonds is 10. The molecule has 2 N–H and O–H groups in total. The first-order chi connectivity index (χ1) is 19.7. The summed E-state index contributed by atoms with van der Waals surface area (Å²) in [7, 11) is 1.49. The fourth-order valence-corrected chi connectivity index (χ4v) is 5.13. The maximum atomic E-state index is 13.6. The van der Waals surface area contributed by atoms with Crippen LogP contribution in [0.15, 0.2) is 47.4 Å². The Hall–Kier alpha value is -3.82. The normalized spacial score (nSPS) is 14.3. The van der Waals surface area contributed by atoms with Crippen molar-refractivity contribution in [2.24, 2.45) is 0 Å². The van der Waals surface area contributed by atoms with Crippen molar-refractivity contribution in [3.8, 4) is 17.6 Å². The summed E-state index contributed by atoms with van der Waals surface area (Å²) in [5, 5.41) is 7.30. The van der Waals surface area contributed by atoms with E-state index in [0.29, 0.717) is 52.1 Å². The largest absolute Gasteiger partial charge is 0.505 e. The number of carbonyl (C=O) groups excluding carboxylic acids is 1. The number of nitrogens with one attached hydrogen (secondary N) is 2. The number of piperidine rings is 1. The van der Waals surface area contributed by atoms with E-state index in [1.807, 2.05) is 6.07 Å². The summed E-state index contributed by atoms with van der Waals surface area (Å²) >= 11 is 0.354. The van der Waals surface area contributed by atoms with Gasteiger partial charge in [0.1, 0.15) is 18.9 Å². The molecular weight excluding hydrogens is 557 g/mol. The summed E-state index contributed by atoms with van der Waals surface area (Å²) in [6, 6.07) is 12.1. The molecule has 0 aliphatic carbocycles. The number of nitrogens with zero attached hydrogens (tertiary/aromatic N) is 2. The number of alkyl halides is 3. The number of fused-ring (bicyclic) bond motifs is 1. The molecule has 4 rings (SSSR count). The Balaban J connectivity index is 1.49. The summed E-state index contributed by atoms with van der Waals surface area (Å²) in [5.41, 5.74) is 2.11. The lowest BCUT2D eigenvalue weighted by Crippen LogP contribution is -2.40. The maximum Gasteiger partial charge on any atom is 0.505 e. The molecule has 0 bridgehead atoms. The van der Waals surface area contributed by atoms with Gasteiger partial charge in [0.2, 0.25) is 0 Å². The summed E-state index contributed by atoms with van der Waals surface area (Å²) in [4.78, 5) is 13.7. The number of hydrogen-bond donors (Lipinski definition) is 2. The van der Waals surface area contributed by atoms with E-state index in [4.69, 9.17) is 9.47 Å². The molecule has 1 aliphatic rings. The van der Waals surface area contributed by atoms with Gasteiger partial charge in [-0.3, -0.25) is 9.69 Å². The Bertz CT molecular complexity index is 1440. The zero-order chi connectivity index (χ0) is 29.4. The van der Waals surface area contributed by atoms with Crippen LogP contribution >= 0.6 is 0 Å². The first kappa shape index (κ1) is 30.1. The number of ether oxygens (including phenoxy) is 2. The van der Waals surface area contributed by atoms with Crippen LogP contribution in [0.4, 0.5) is 24.5 Å². The molecule has 0 atom stereocenters. The van der Waals surface area contributed by atoms with E-state index < -0.39 is 12.7 Å². The van der Waals surface area contributed by atoms with Crippen molar-refractivity contribution < 1.29 is 31.6 Å². The van der Waals surface area contributed by atoms with Crippen LogP contribution in [0.25, 0.3) is 10.9 Å². The number of benzene rings is 2. The molecule has 1 saturated heterocycles. The number of methoxy groups -OCH3 is 1. The average Bonchev–Trinajstić information content (AvgIpc) is 3.28. The van der Waals surface area contributed by atoms with Gasteiger partial charge in [-0.05, 0) is 43.0 Å². The van der Waals surface area contributed by atoms with E-state index in [1.54, 1.807) is 36.4 Å². The molecule has 3 aromatic rings. The molecule has 0 radical (unpaired) electrons. The van der Waals surface area contributed by atoms with Crippen LogP contribution in [-0.2, 0) is 32.0 Å². The summed E-state index contributed by atoms with van der Waals surface area (Å²) in [5.74, 6) is 6.01. The number of aromatic nitrogens is 1. The number of carbonyl (C=O) groups is 1. The van der Waals surface area contributed by atoms with Crippen LogP contribution in [0, 0.1) is 11.8 Å². The van der Waals surface area contributed by atoms with Crippen LogP contribution in [0.5, 0.6) is 5.75 Å². The summed E-state index contributed by atoms with van der Waals surface area (Å²) in [6.45, 7) is 3.10. The van der Waals surface area contributed by atoms with E-state index >= 15 is 0 Å². The van der Waals surface area contributed by atoms with Gasteiger partial charge < -0.3 is 24.7 Å². The number of hydrogen-bond acceptors (Lipinski definition) is 7. The van der Waals surface area contributed by atoms with Crippen LogP contribution in [0.2, 0.25) is 0 Å². The van der Waals surface area contributed by atoms with Crippen molar-refractivity contribution in [2.75, 3.05) is 50.5 Å². The standard InChI is InChI=1S/C29H32F3N4O4S/c1-20(37)40-16-15-35-13-10-21(11-14-35)34-25-6-3-7-27-24(25)17-22(36(27)19-29(30,31)32)5-4-12-33-26-9-8-23(41-38)18-28(26)39-2/h3,6-9,17-18,21,33-34H,10-16,19H2,1-2H3/q+1. The third-order valence-corrected chi connectivity index (χ3v) is 7.24. The molecule has 1 aromatic heterocycles. The minimum Gasteiger partial charge on any atom is -0.494 e. The molecule has 2 aromatic carbocycles. The van der Waals surface area contributed by atoms with Gasteiger partial charge in [-0.25, -0.2) is 0 Å². The average molecular weight is 590 g/mol. The lowest BCUT2D eigenvalue weighted by molar-refractivity contribution is -0.141. The number of halogens is 3. The van der Waals surface area contributed by atoms with Crippen molar-refractivity contribution in [3.05, 3.63) is 48.2 Å². The van der Waals surface area contributed by atoms with Crippen molar-refractivity contribution in [3.63, 3.8) is 0 Å². The first-order valence-corrected chi connectivity index (χ1v) is 13.9. The Morgan fingerprint density at radius 2 is 1.93 bits per heavy atom. The lowest BCUT2D eigenvalue weighted by Gasteiger charge is -2.32. The van der Waals surface area contributed by atoms with Crippen molar-refractivity contribution in [2.45, 2.75) is 43.4 Å². The number of likely N-dealkylation sites (tertiary alicyclic amines) is 1. The van der Waals surface area contributed by atoms with Crippen LogP contribution in [-0.4, -0.2) is 67.6 Å². The van der Waals surface area contributed by atoms with Gasteiger partial charge in [0.05, 0.1) is 36.6 Å². The van der Waals surface area contributed by atoms with Crippen LogP contribution in [0.1, 0.15) is 25.5 Å². The maximum absolute atomic E-state index is 13.6. The van der Waals surface area contributed by atoms with E-state index in [2.05, 4.69) is 27.4 Å². The molecule has 0 unspecified atom stereocenters. The highest BCUT2D eigenvalue weighted by atomic mass is 32.1. The molecule has 218 valence electrons. The Morgan fingerprint density at radius 3 is 2.61 bits per heavy atom. The highest BCUT2D eigenvalue weighted by molar-refractivity contribution is 7.65. The monoisotopic (exact) mass is 589 g/mol. The third kappa shape index (κ3) is 8.34. The topological polar surface area (TPSA) is 84.8 Å². The first-order valence-electron chi connectivity index (χ1n) is 13.2. The second kappa shape index (κ2) is 13.7. The SMILES string of the molecule is COc1cc([S+]=O)ccc1NCC#Cc1cc2c(NC3CCN(CCOC(C)=O)CC3)cccc2n1CC(F)(F)F. The number of anilines is 2. The second-order valence-electron chi connectivity index (χ2n) is 9.67. The smallest absolute Gasteiger partial charge is 0.494 e. The molecule has 8 nitrogen and oxygen atoms in total. The quantitative estimate of drug-likeness (QED) is 0.198. The molecule has 0 spiro atoms. The van der Waals surface area contributed by atoms with Crippen molar-refractivity contribution in [1.29, 1.82) is 0 Å². The predicted molar refractivity (Wildman–Crippen MR) is 152 cm³/mol. The van der Waals surface area contributed by atoms with Gasteiger partial charge in [0.25, 0.3) is 4.90 Å². The molecule has 12 heteroatoms. The fraction of sp³-hybridized carbons (Fsp3) is 0.414. The van der Waals surface area contributed by atoms with E-state index in [9.17, 15) is 22.2 Å². The number of esters is 1. The fourth-order valence-electron chi connectivity index (χ4n) is 4.85. The highest BCUT2D eigenvalue weighted by Gasteiger charge is 2.30. The molecule has 0 amide bonds. The van der Waals surface area contributed by atoms with Crippen LogP contribution in [0.3, 0.4) is 0 Å². The summed E-state index contributed by atoms with van der Waals surface area (Å²) < 4.78 is 63.3.